The van der Waals surface area contributed by atoms with Crippen LogP contribution in [0.15, 0.2) is 48.7 Å². The summed E-state index contributed by atoms with van der Waals surface area (Å²) in [6, 6.07) is 10.5. The number of imidazole rings is 1. The summed E-state index contributed by atoms with van der Waals surface area (Å²) in [5.41, 5.74) is 3.81. The average molecular weight is 296 g/mol. The first-order valence-electron chi connectivity index (χ1n) is 6.48. The number of aromatic nitrogens is 3. The van der Waals surface area contributed by atoms with E-state index < -0.39 is 5.91 Å². The summed E-state index contributed by atoms with van der Waals surface area (Å²) in [5, 5.41) is 20.8. The van der Waals surface area contributed by atoms with Crippen molar-refractivity contribution in [3.63, 3.8) is 0 Å². The van der Waals surface area contributed by atoms with E-state index in [-0.39, 0.29) is 0 Å². The molecule has 0 atom stereocenters. The molecule has 0 aliphatic heterocycles. The Labute approximate surface area is 125 Å². The fourth-order valence-corrected chi connectivity index (χ4v) is 2.10. The number of aromatic amines is 1. The molecule has 110 valence electrons. The van der Waals surface area contributed by atoms with Crippen molar-refractivity contribution in [1.82, 2.24) is 15.4 Å². The number of pyridine rings is 1. The maximum Gasteiger partial charge on any atom is 0.309 e. The fraction of sp³-hybridized carbons (Fsp3) is 0. The SMILES string of the molecule is O=C(/C=C/c1ccc2[nH]c(-c3ccccn3)[n+]([O-])c2c1)NO. The Balaban J connectivity index is 2.04. The van der Waals surface area contributed by atoms with Crippen LogP contribution in [0, 0.1) is 5.21 Å². The van der Waals surface area contributed by atoms with Gasteiger partial charge in [-0.05, 0) is 35.9 Å². The van der Waals surface area contributed by atoms with Gasteiger partial charge in [0.1, 0.15) is 0 Å². The highest BCUT2D eigenvalue weighted by Crippen LogP contribution is 2.18. The number of nitrogens with one attached hydrogen (secondary N) is 2. The molecule has 2 aromatic heterocycles. The Morgan fingerprint density at radius 3 is 2.95 bits per heavy atom. The monoisotopic (exact) mass is 296 g/mol. The van der Waals surface area contributed by atoms with Crippen LogP contribution in [0.2, 0.25) is 0 Å². The Bertz CT molecular complexity index is 856. The highest BCUT2D eigenvalue weighted by Gasteiger charge is 2.16. The van der Waals surface area contributed by atoms with Crippen LogP contribution in [0.4, 0.5) is 0 Å². The zero-order chi connectivity index (χ0) is 15.5. The first-order chi connectivity index (χ1) is 10.7. The second-order valence-corrected chi connectivity index (χ2v) is 4.57. The van der Waals surface area contributed by atoms with Crippen LogP contribution >= 0.6 is 0 Å². The molecule has 1 amide bonds. The third-order valence-corrected chi connectivity index (χ3v) is 3.14. The maximum atomic E-state index is 12.4. The van der Waals surface area contributed by atoms with E-state index in [0.717, 1.165) is 4.73 Å². The van der Waals surface area contributed by atoms with Gasteiger partial charge in [0.2, 0.25) is 0 Å². The van der Waals surface area contributed by atoms with E-state index in [1.54, 1.807) is 42.6 Å². The first-order valence-corrected chi connectivity index (χ1v) is 6.48. The number of hydrogen-bond donors (Lipinski definition) is 3. The van der Waals surface area contributed by atoms with Gasteiger partial charge in [-0.3, -0.25) is 10.0 Å². The minimum absolute atomic E-state index is 0.352. The number of fused-ring (bicyclic) bond motifs is 1. The van der Waals surface area contributed by atoms with E-state index in [4.69, 9.17) is 5.21 Å². The van der Waals surface area contributed by atoms with E-state index in [2.05, 4.69) is 9.97 Å². The number of hydroxylamine groups is 1. The summed E-state index contributed by atoms with van der Waals surface area (Å²) in [6.45, 7) is 0. The summed E-state index contributed by atoms with van der Waals surface area (Å²) < 4.78 is 0.765. The Morgan fingerprint density at radius 2 is 2.23 bits per heavy atom. The molecule has 0 unspecified atom stereocenters. The van der Waals surface area contributed by atoms with Crippen molar-refractivity contribution in [3.8, 4) is 11.5 Å². The highest BCUT2D eigenvalue weighted by molar-refractivity contribution is 5.91. The predicted octanol–water partition coefficient (Wildman–Crippen LogP) is 1.38. The van der Waals surface area contributed by atoms with Gasteiger partial charge in [0, 0.05) is 12.3 Å². The van der Waals surface area contributed by atoms with Crippen molar-refractivity contribution in [2.24, 2.45) is 0 Å². The largest absolute Gasteiger partial charge is 0.710 e. The van der Waals surface area contributed by atoms with E-state index in [1.165, 1.54) is 17.6 Å². The van der Waals surface area contributed by atoms with Gasteiger partial charge in [-0.15, -0.1) is 0 Å². The number of nitrogens with zero attached hydrogens (tertiary/aromatic N) is 2. The van der Waals surface area contributed by atoms with Crippen LogP contribution in [-0.2, 0) is 4.79 Å². The zero-order valence-electron chi connectivity index (χ0n) is 11.4. The second kappa shape index (κ2) is 5.66. The van der Waals surface area contributed by atoms with Crippen LogP contribution in [0.25, 0.3) is 28.6 Å². The number of rotatable bonds is 3. The molecule has 0 aliphatic carbocycles. The van der Waals surface area contributed by atoms with Gasteiger partial charge in [0.25, 0.3) is 5.91 Å². The summed E-state index contributed by atoms with van der Waals surface area (Å²) in [6.07, 6.45) is 4.28. The smallest absolute Gasteiger partial charge is 0.309 e. The molecule has 3 aromatic rings. The molecule has 1 aromatic carbocycles. The number of benzene rings is 1. The van der Waals surface area contributed by atoms with E-state index in [1.807, 2.05) is 0 Å². The Morgan fingerprint density at radius 1 is 1.36 bits per heavy atom. The number of H-pyrrole nitrogens is 1. The van der Waals surface area contributed by atoms with E-state index in [0.29, 0.717) is 28.1 Å². The molecule has 0 saturated heterocycles. The Hall–Kier alpha value is -3.19. The van der Waals surface area contributed by atoms with Gasteiger partial charge >= 0.3 is 5.82 Å². The van der Waals surface area contributed by atoms with Crippen molar-refractivity contribution in [2.45, 2.75) is 0 Å². The van der Waals surface area contributed by atoms with E-state index in [9.17, 15) is 10.0 Å². The van der Waals surface area contributed by atoms with Crippen LogP contribution in [0.1, 0.15) is 5.56 Å². The van der Waals surface area contributed by atoms with Gasteiger partial charge in [-0.2, -0.15) is 0 Å². The van der Waals surface area contributed by atoms with Gasteiger partial charge in [0.05, 0.1) is 0 Å². The molecule has 7 nitrogen and oxygen atoms in total. The minimum atomic E-state index is -0.640. The van der Waals surface area contributed by atoms with Crippen LogP contribution in [0.3, 0.4) is 0 Å². The zero-order valence-corrected chi connectivity index (χ0v) is 11.4. The molecule has 3 N–H and O–H groups in total. The number of carbonyl (C=O) groups is 1. The third-order valence-electron chi connectivity index (χ3n) is 3.14. The summed E-state index contributed by atoms with van der Waals surface area (Å²) in [5.74, 6) is -0.289. The van der Waals surface area contributed by atoms with Crippen molar-refractivity contribution in [1.29, 1.82) is 0 Å². The highest BCUT2D eigenvalue weighted by atomic mass is 16.5. The molecule has 0 bridgehead atoms. The van der Waals surface area contributed by atoms with Gasteiger partial charge < -0.3 is 5.21 Å². The standard InChI is InChI=1S/C15H12N4O3/c20-14(18-21)7-5-10-4-6-11-13(9-10)19(22)15(17-11)12-3-1-2-8-16-12/h1-9,17,21H,(H,18,20)/b7-5+. The molecule has 0 radical (unpaired) electrons. The first kappa shape index (κ1) is 13.8. The summed E-state index contributed by atoms with van der Waals surface area (Å²) in [7, 11) is 0. The van der Waals surface area contributed by atoms with Gasteiger partial charge in [0.15, 0.2) is 16.7 Å². The van der Waals surface area contributed by atoms with E-state index >= 15 is 0 Å². The molecule has 7 heteroatoms. The lowest BCUT2D eigenvalue weighted by atomic mass is 10.2. The third kappa shape index (κ3) is 2.52. The maximum absolute atomic E-state index is 12.4. The van der Waals surface area contributed by atoms with Crippen LogP contribution in [0.5, 0.6) is 0 Å². The molecule has 3 rings (SSSR count). The van der Waals surface area contributed by atoms with Crippen molar-refractivity contribution in [2.75, 3.05) is 0 Å². The fourth-order valence-electron chi connectivity index (χ4n) is 2.10. The molecule has 0 aliphatic rings. The molecule has 22 heavy (non-hydrogen) atoms. The number of amides is 1. The molecular weight excluding hydrogens is 284 g/mol. The molecular formula is C15H12N4O3. The Kier molecular flexibility index (Phi) is 3.55. The molecule has 2 heterocycles. The minimum Gasteiger partial charge on any atom is -0.710 e. The summed E-state index contributed by atoms with van der Waals surface area (Å²) >= 11 is 0. The summed E-state index contributed by atoms with van der Waals surface area (Å²) in [4.78, 5) is 18.2. The van der Waals surface area contributed by atoms with Crippen molar-refractivity contribution in [3.05, 3.63) is 59.4 Å². The van der Waals surface area contributed by atoms with Crippen molar-refractivity contribution >= 4 is 23.0 Å². The van der Waals surface area contributed by atoms with Crippen molar-refractivity contribution < 1.29 is 14.7 Å². The molecule has 0 fully saturated rings. The number of carbonyl (C=O) groups excluding carboxylic acids is 1. The van der Waals surface area contributed by atoms with Crippen LogP contribution < -0.4 is 10.2 Å². The number of hydrogen-bond acceptors (Lipinski definition) is 4. The molecule has 0 spiro atoms. The second-order valence-electron chi connectivity index (χ2n) is 4.57. The predicted molar refractivity (Wildman–Crippen MR) is 79.5 cm³/mol. The average Bonchev–Trinajstić information content (AvgIpc) is 2.90. The lowest BCUT2D eigenvalue weighted by Crippen LogP contribution is -2.27. The lowest BCUT2D eigenvalue weighted by molar-refractivity contribution is -0.564. The van der Waals surface area contributed by atoms with Crippen LogP contribution in [-0.4, -0.2) is 21.1 Å². The topological polar surface area (TPSA) is 105 Å². The van der Waals surface area contributed by atoms with Gasteiger partial charge in [-0.25, -0.2) is 20.2 Å². The van der Waals surface area contributed by atoms with Gasteiger partial charge in [-0.1, -0.05) is 12.1 Å². The molecule has 0 saturated carbocycles. The normalized spacial score (nSPS) is 11.1. The quantitative estimate of drug-likeness (QED) is 0.223. The lowest BCUT2D eigenvalue weighted by Gasteiger charge is -2.02.